The van der Waals surface area contributed by atoms with Crippen LogP contribution >= 0.6 is 0 Å². The summed E-state index contributed by atoms with van der Waals surface area (Å²) in [6.45, 7) is 5.78. The number of furan rings is 1. The van der Waals surface area contributed by atoms with Crippen molar-refractivity contribution in [3.63, 3.8) is 0 Å². The predicted molar refractivity (Wildman–Crippen MR) is 138 cm³/mol. The Balaban J connectivity index is 2.05. The van der Waals surface area contributed by atoms with Crippen LogP contribution in [0.25, 0.3) is 0 Å². The van der Waals surface area contributed by atoms with Gasteiger partial charge in [-0.2, -0.15) is 0 Å². The molecule has 0 saturated heterocycles. The van der Waals surface area contributed by atoms with Crippen LogP contribution in [0.15, 0.2) is 16.5 Å². The van der Waals surface area contributed by atoms with E-state index in [2.05, 4.69) is 24.5 Å². The maximum absolute atomic E-state index is 12.2. The number of rotatable bonds is 22. The van der Waals surface area contributed by atoms with Crippen LogP contribution in [0, 0.1) is 0 Å². The van der Waals surface area contributed by atoms with Gasteiger partial charge in [-0.1, -0.05) is 117 Å². The molecule has 0 spiro atoms. The Kier molecular flexibility index (Phi) is 18.4. The highest BCUT2D eigenvalue weighted by molar-refractivity contribution is 5.95. The SMILES string of the molecule is CCCCCCCCCCCNC(=O)c1ccc(C(=O)NCCCCCCCCCCC)o1. The average molecular weight is 463 g/mol. The molecule has 1 aromatic heterocycles. The molecule has 0 radical (unpaired) electrons. The Hall–Kier alpha value is -1.78. The standard InChI is InChI=1S/C28H50N2O3/c1-3-5-7-9-11-13-15-17-19-23-29-27(31)25-21-22-26(33-25)28(32)30-24-20-18-16-14-12-10-8-6-4-2/h21-22H,3-20,23-24H2,1-2H3,(H,29,31)(H,30,32). The molecule has 5 nitrogen and oxygen atoms in total. The summed E-state index contributed by atoms with van der Waals surface area (Å²) >= 11 is 0. The Morgan fingerprint density at radius 1 is 0.545 bits per heavy atom. The van der Waals surface area contributed by atoms with Gasteiger partial charge in [-0.15, -0.1) is 0 Å². The lowest BCUT2D eigenvalue weighted by Gasteiger charge is -2.05. The summed E-state index contributed by atoms with van der Waals surface area (Å²) in [6, 6.07) is 3.16. The summed E-state index contributed by atoms with van der Waals surface area (Å²) in [6.07, 6.45) is 22.6. The maximum Gasteiger partial charge on any atom is 0.287 e. The fraction of sp³-hybridized carbons (Fsp3) is 0.786. The van der Waals surface area contributed by atoms with Crippen molar-refractivity contribution in [1.29, 1.82) is 0 Å². The van der Waals surface area contributed by atoms with Crippen LogP contribution in [0.2, 0.25) is 0 Å². The molecule has 0 aliphatic carbocycles. The zero-order valence-electron chi connectivity index (χ0n) is 21.5. The normalized spacial score (nSPS) is 11.0. The smallest absolute Gasteiger partial charge is 0.287 e. The first kappa shape index (κ1) is 29.3. The molecule has 2 N–H and O–H groups in total. The van der Waals surface area contributed by atoms with Gasteiger partial charge >= 0.3 is 0 Å². The second-order valence-electron chi connectivity index (χ2n) is 9.33. The van der Waals surface area contributed by atoms with Gasteiger partial charge in [-0.05, 0) is 25.0 Å². The Bertz CT molecular complexity index is 562. The second-order valence-corrected chi connectivity index (χ2v) is 9.33. The topological polar surface area (TPSA) is 71.3 Å². The van der Waals surface area contributed by atoms with Crippen LogP contribution in [0.4, 0.5) is 0 Å². The number of carbonyl (C=O) groups excluding carboxylic acids is 2. The summed E-state index contributed by atoms with van der Waals surface area (Å²) in [5.41, 5.74) is 0. The molecular formula is C28H50N2O3. The molecule has 0 fully saturated rings. The first-order valence-corrected chi connectivity index (χ1v) is 13.8. The molecule has 1 aromatic rings. The molecule has 0 aliphatic rings. The van der Waals surface area contributed by atoms with E-state index in [9.17, 15) is 9.59 Å². The molecule has 0 saturated carbocycles. The summed E-state index contributed by atoms with van der Waals surface area (Å²) in [5, 5.41) is 5.79. The average Bonchev–Trinajstić information content (AvgIpc) is 3.32. The quantitative estimate of drug-likeness (QED) is 0.173. The number of carbonyl (C=O) groups is 2. The maximum atomic E-state index is 12.2. The van der Waals surface area contributed by atoms with Crippen LogP contribution in [0.1, 0.15) is 151 Å². The molecule has 0 aromatic carbocycles. The van der Waals surface area contributed by atoms with Gasteiger partial charge in [0.2, 0.25) is 0 Å². The van der Waals surface area contributed by atoms with Crippen molar-refractivity contribution >= 4 is 11.8 Å². The lowest BCUT2D eigenvalue weighted by atomic mass is 10.1. The first-order chi connectivity index (χ1) is 16.2. The van der Waals surface area contributed by atoms with E-state index in [1.165, 1.54) is 89.9 Å². The molecule has 0 unspecified atom stereocenters. The zero-order valence-corrected chi connectivity index (χ0v) is 21.5. The van der Waals surface area contributed by atoms with Crippen molar-refractivity contribution in [3.8, 4) is 0 Å². The van der Waals surface area contributed by atoms with Crippen molar-refractivity contribution < 1.29 is 14.0 Å². The van der Waals surface area contributed by atoms with Crippen molar-refractivity contribution in [2.75, 3.05) is 13.1 Å². The summed E-state index contributed by atoms with van der Waals surface area (Å²) in [4.78, 5) is 24.4. The zero-order chi connectivity index (χ0) is 24.0. The minimum absolute atomic E-state index is 0.208. The lowest BCUT2D eigenvalue weighted by Crippen LogP contribution is -2.25. The summed E-state index contributed by atoms with van der Waals surface area (Å²) in [7, 11) is 0. The summed E-state index contributed by atoms with van der Waals surface area (Å²) < 4.78 is 5.47. The van der Waals surface area contributed by atoms with E-state index in [-0.39, 0.29) is 23.3 Å². The van der Waals surface area contributed by atoms with Gasteiger partial charge in [-0.3, -0.25) is 9.59 Å². The molecule has 5 heteroatoms. The Labute approximate surface area is 202 Å². The van der Waals surface area contributed by atoms with E-state index in [1.54, 1.807) is 12.1 Å². The highest BCUT2D eigenvalue weighted by Crippen LogP contribution is 2.11. The third kappa shape index (κ3) is 15.6. The van der Waals surface area contributed by atoms with Gasteiger partial charge < -0.3 is 15.1 Å². The minimum atomic E-state index is -0.243. The van der Waals surface area contributed by atoms with E-state index in [1.807, 2.05) is 0 Å². The van der Waals surface area contributed by atoms with Gasteiger partial charge in [0.1, 0.15) is 0 Å². The minimum Gasteiger partial charge on any atom is -0.446 e. The van der Waals surface area contributed by atoms with Crippen LogP contribution in [0.5, 0.6) is 0 Å². The number of amides is 2. The molecular weight excluding hydrogens is 412 g/mol. The third-order valence-corrected chi connectivity index (χ3v) is 6.19. The Morgan fingerprint density at radius 2 is 0.848 bits per heavy atom. The molecule has 33 heavy (non-hydrogen) atoms. The van der Waals surface area contributed by atoms with Gasteiger partial charge in [0.15, 0.2) is 11.5 Å². The van der Waals surface area contributed by atoms with Gasteiger partial charge in [-0.25, -0.2) is 0 Å². The van der Waals surface area contributed by atoms with E-state index < -0.39 is 0 Å². The van der Waals surface area contributed by atoms with Crippen molar-refractivity contribution in [1.82, 2.24) is 10.6 Å². The number of nitrogens with one attached hydrogen (secondary N) is 2. The highest BCUT2D eigenvalue weighted by Gasteiger charge is 2.15. The molecule has 0 aliphatic heterocycles. The molecule has 1 rings (SSSR count). The van der Waals surface area contributed by atoms with Crippen molar-refractivity contribution in [3.05, 3.63) is 23.7 Å². The molecule has 2 amide bonds. The van der Waals surface area contributed by atoms with Crippen molar-refractivity contribution in [2.45, 2.75) is 129 Å². The van der Waals surface area contributed by atoms with Crippen molar-refractivity contribution in [2.24, 2.45) is 0 Å². The molecule has 0 atom stereocenters. The van der Waals surface area contributed by atoms with E-state index in [0.717, 1.165) is 25.7 Å². The molecule has 1 heterocycles. The number of unbranched alkanes of at least 4 members (excludes halogenated alkanes) is 16. The predicted octanol–water partition coefficient (Wildman–Crippen LogP) is 7.80. The van der Waals surface area contributed by atoms with Gasteiger partial charge in [0, 0.05) is 13.1 Å². The first-order valence-electron chi connectivity index (χ1n) is 13.8. The van der Waals surface area contributed by atoms with E-state index in [0.29, 0.717) is 13.1 Å². The monoisotopic (exact) mass is 462 g/mol. The summed E-state index contributed by atoms with van der Waals surface area (Å²) in [5.74, 6) is -0.0709. The molecule has 190 valence electrons. The van der Waals surface area contributed by atoms with Crippen LogP contribution in [-0.4, -0.2) is 24.9 Å². The Morgan fingerprint density at radius 3 is 1.18 bits per heavy atom. The largest absolute Gasteiger partial charge is 0.446 e. The number of hydrogen-bond donors (Lipinski definition) is 2. The van der Waals surface area contributed by atoms with Gasteiger partial charge in [0.05, 0.1) is 0 Å². The number of hydrogen-bond acceptors (Lipinski definition) is 3. The third-order valence-electron chi connectivity index (χ3n) is 6.19. The van der Waals surface area contributed by atoms with Crippen LogP contribution < -0.4 is 10.6 Å². The second kappa shape index (κ2) is 20.8. The molecule has 0 bridgehead atoms. The van der Waals surface area contributed by atoms with Crippen LogP contribution in [0.3, 0.4) is 0 Å². The highest BCUT2D eigenvalue weighted by atomic mass is 16.4. The lowest BCUT2D eigenvalue weighted by molar-refractivity contribution is 0.0900. The fourth-order valence-corrected chi connectivity index (χ4v) is 4.03. The van der Waals surface area contributed by atoms with E-state index >= 15 is 0 Å². The fourth-order valence-electron chi connectivity index (χ4n) is 4.03. The van der Waals surface area contributed by atoms with Gasteiger partial charge in [0.25, 0.3) is 11.8 Å². The van der Waals surface area contributed by atoms with Crippen LogP contribution in [-0.2, 0) is 0 Å². The van der Waals surface area contributed by atoms with E-state index in [4.69, 9.17) is 4.42 Å².